The molecule has 0 aromatic heterocycles. The van der Waals surface area contributed by atoms with Gasteiger partial charge in [0.25, 0.3) is 0 Å². The molecule has 0 saturated carbocycles. The normalized spacial score (nSPS) is 12.2. The largest absolute Gasteiger partial charge is 0.360 e. The minimum Gasteiger partial charge on any atom is -0.360 e. The highest BCUT2D eigenvalue weighted by molar-refractivity contribution is 7.94. The van der Waals surface area contributed by atoms with Crippen molar-refractivity contribution in [1.29, 1.82) is 0 Å². The summed E-state index contributed by atoms with van der Waals surface area (Å²) in [7, 11) is 0. The Bertz CT molecular complexity index is 152. The van der Waals surface area contributed by atoms with Gasteiger partial charge in [-0.2, -0.15) is 0 Å². The Hall–Kier alpha value is -0.520. The van der Waals surface area contributed by atoms with Gasteiger partial charge in [-0.05, 0) is 25.0 Å². The van der Waals surface area contributed by atoms with Crippen molar-refractivity contribution in [3.63, 3.8) is 0 Å². The van der Waals surface area contributed by atoms with Gasteiger partial charge in [-0.3, -0.25) is 4.79 Å². The third-order valence-corrected chi connectivity index (χ3v) is 1.56. The van der Waals surface area contributed by atoms with Gasteiger partial charge in [-0.1, -0.05) is 6.58 Å². The molecule has 2 N–H and O–H groups in total. The van der Waals surface area contributed by atoms with Crippen molar-refractivity contribution in [2.24, 2.45) is 0 Å². The minimum absolute atomic E-state index is 0.0191. The van der Waals surface area contributed by atoms with Crippen LogP contribution in [0.4, 0.5) is 0 Å². The first-order chi connectivity index (χ1) is 5.70. The quantitative estimate of drug-likeness (QED) is 0.283. The lowest BCUT2D eigenvalue weighted by molar-refractivity contribution is -0.118. The number of carbonyl (C=O) groups excluding carboxylic acids is 1. The molecule has 5 heteroatoms. The van der Waals surface area contributed by atoms with Gasteiger partial charge in [0.1, 0.15) is 6.73 Å². The van der Waals surface area contributed by atoms with Gasteiger partial charge >= 0.3 is 0 Å². The molecule has 0 aliphatic carbocycles. The summed E-state index contributed by atoms with van der Waals surface area (Å²) in [6.45, 7) is 5.65. The summed E-state index contributed by atoms with van der Waals surface area (Å²) in [4.78, 5) is 10.6. The fraction of sp³-hybridized carbons (Fsp3) is 0.571. The van der Waals surface area contributed by atoms with Crippen LogP contribution in [0.15, 0.2) is 12.7 Å². The Labute approximate surface area is 76.2 Å². The van der Waals surface area contributed by atoms with Crippen molar-refractivity contribution in [3.8, 4) is 0 Å². The van der Waals surface area contributed by atoms with Crippen molar-refractivity contribution in [3.05, 3.63) is 12.7 Å². The van der Waals surface area contributed by atoms with E-state index in [1.807, 2.05) is 6.92 Å². The first-order valence-corrected chi connectivity index (χ1v) is 4.32. The van der Waals surface area contributed by atoms with Crippen LogP contribution in [0.3, 0.4) is 0 Å². The monoisotopic (exact) mass is 191 g/mol. The second kappa shape index (κ2) is 7.15. The van der Waals surface area contributed by atoms with Crippen LogP contribution in [0.5, 0.6) is 0 Å². The molecule has 0 aliphatic heterocycles. The Balaban J connectivity index is 3.21. The highest BCUT2D eigenvalue weighted by atomic mass is 32.2. The molecule has 0 aromatic carbocycles. The van der Waals surface area contributed by atoms with Crippen LogP contribution in [0.2, 0.25) is 0 Å². The third-order valence-electron chi connectivity index (χ3n) is 1.07. The second-order valence-electron chi connectivity index (χ2n) is 2.18. The zero-order chi connectivity index (χ0) is 9.40. The predicted molar refractivity (Wildman–Crippen MR) is 48.8 cm³/mol. The van der Waals surface area contributed by atoms with Crippen molar-refractivity contribution in [2.45, 2.75) is 12.2 Å². The molecule has 1 unspecified atom stereocenters. The van der Waals surface area contributed by atoms with Gasteiger partial charge in [0.2, 0.25) is 5.91 Å². The van der Waals surface area contributed by atoms with Crippen LogP contribution in [-0.4, -0.2) is 29.0 Å². The predicted octanol–water partition coefficient (Wildman–Crippen LogP) is 0.857. The molecule has 0 bridgehead atoms. The van der Waals surface area contributed by atoms with Crippen molar-refractivity contribution < 1.29 is 14.1 Å². The van der Waals surface area contributed by atoms with E-state index in [1.54, 1.807) is 0 Å². The Morgan fingerprint density at radius 1 is 1.92 bits per heavy atom. The Morgan fingerprint density at radius 2 is 2.58 bits per heavy atom. The fourth-order valence-corrected chi connectivity index (χ4v) is 0.607. The van der Waals surface area contributed by atoms with E-state index in [0.29, 0.717) is 6.61 Å². The summed E-state index contributed by atoms with van der Waals surface area (Å²) >= 11 is 0.731. The SMILES string of the molecule is C=CC(=O)NCOCC(C)SO. The maximum absolute atomic E-state index is 10.6. The molecule has 0 radical (unpaired) electrons. The van der Waals surface area contributed by atoms with Crippen LogP contribution in [0, 0.1) is 0 Å². The van der Waals surface area contributed by atoms with Crippen molar-refractivity contribution in [1.82, 2.24) is 5.32 Å². The number of hydrogen-bond donors (Lipinski definition) is 2. The molecule has 0 saturated heterocycles. The molecular weight excluding hydrogens is 178 g/mol. The summed E-state index contributed by atoms with van der Waals surface area (Å²) < 4.78 is 13.5. The van der Waals surface area contributed by atoms with E-state index in [-0.39, 0.29) is 17.9 Å². The zero-order valence-corrected chi connectivity index (χ0v) is 7.76. The summed E-state index contributed by atoms with van der Waals surface area (Å²) in [5.74, 6) is -0.265. The van der Waals surface area contributed by atoms with E-state index >= 15 is 0 Å². The van der Waals surface area contributed by atoms with Crippen LogP contribution >= 0.6 is 12.0 Å². The smallest absolute Gasteiger partial charge is 0.245 e. The highest BCUT2D eigenvalue weighted by Crippen LogP contribution is 2.03. The van der Waals surface area contributed by atoms with E-state index in [4.69, 9.17) is 9.29 Å². The van der Waals surface area contributed by atoms with Crippen molar-refractivity contribution >= 4 is 17.9 Å². The van der Waals surface area contributed by atoms with Gasteiger partial charge in [-0.25, -0.2) is 0 Å². The van der Waals surface area contributed by atoms with Gasteiger partial charge in [-0.15, -0.1) is 0 Å². The number of hydrogen-bond acceptors (Lipinski definition) is 4. The molecule has 0 spiro atoms. The fourth-order valence-electron chi connectivity index (χ4n) is 0.450. The average molecular weight is 191 g/mol. The first kappa shape index (κ1) is 11.5. The van der Waals surface area contributed by atoms with E-state index < -0.39 is 0 Å². The van der Waals surface area contributed by atoms with Crippen LogP contribution in [0.25, 0.3) is 0 Å². The molecule has 0 rings (SSSR count). The molecule has 0 aliphatic rings. The lowest BCUT2D eigenvalue weighted by Gasteiger charge is -2.07. The topological polar surface area (TPSA) is 58.6 Å². The van der Waals surface area contributed by atoms with Gasteiger partial charge in [0.05, 0.1) is 11.9 Å². The second-order valence-corrected chi connectivity index (χ2v) is 3.19. The maximum atomic E-state index is 10.6. The maximum Gasteiger partial charge on any atom is 0.245 e. The molecule has 12 heavy (non-hydrogen) atoms. The summed E-state index contributed by atoms with van der Waals surface area (Å²) in [5, 5.41) is 2.46. The van der Waals surface area contributed by atoms with E-state index in [9.17, 15) is 4.79 Å². The van der Waals surface area contributed by atoms with Crippen LogP contribution < -0.4 is 5.32 Å². The number of nitrogens with one attached hydrogen (secondary N) is 1. The molecular formula is C7H13NO3S. The number of carbonyl (C=O) groups is 1. The van der Waals surface area contributed by atoms with E-state index in [2.05, 4.69) is 11.9 Å². The molecule has 1 amide bonds. The average Bonchev–Trinajstić information content (AvgIpc) is 2.11. The summed E-state index contributed by atoms with van der Waals surface area (Å²) in [6, 6.07) is 0. The molecule has 0 fully saturated rings. The van der Waals surface area contributed by atoms with E-state index in [0.717, 1.165) is 12.0 Å². The van der Waals surface area contributed by atoms with Crippen LogP contribution in [-0.2, 0) is 9.53 Å². The van der Waals surface area contributed by atoms with E-state index in [1.165, 1.54) is 6.08 Å². The Morgan fingerprint density at radius 3 is 3.08 bits per heavy atom. The number of rotatable bonds is 6. The zero-order valence-electron chi connectivity index (χ0n) is 6.95. The molecule has 4 nitrogen and oxygen atoms in total. The molecule has 70 valence electrons. The lowest BCUT2D eigenvalue weighted by Crippen LogP contribution is -2.25. The van der Waals surface area contributed by atoms with Crippen molar-refractivity contribution in [2.75, 3.05) is 13.3 Å². The number of amides is 1. The van der Waals surface area contributed by atoms with Gasteiger partial charge in [0.15, 0.2) is 0 Å². The number of ether oxygens (including phenoxy) is 1. The third kappa shape index (κ3) is 6.21. The molecule has 0 heterocycles. The van der Waals surface area contributed by atoms with Gasteiger partial charge < -0.3 is 14.6 Å². The Kier molecular flexibility index (Phi) is 6.84. The van der Waals surface area contributed by atoms with Crippen LogP contribution in [0.1, 0.15) is 6.92 Å². The minimum atomic E-state index is -0.265. The molecule has 0 aromatic rings. The lowest BCUT2D eigenvalue weighted by atomic mass is 10.5. The standard InChI is InChI=1S/C7H13NO3S/c1-3-7(9)8-5-11-4-6(2)12-10/h3,6,10H,1,4-5H2,2H3,(H,8,9). The highest BCUT2D eigenvalue weighted by Gasteiger charge is 2.00. The van der Waals surface area contributed by atoms with Gasteiger partial charge in [0, 0.05) is 0 Å². The molecule has 1 atom stereocenters. The summed E-state index contributed by atoms with van der Waals surface area (Å²) in [5.41, 5.74) is 0. The summed E-state index contributed by atoms with van der Waals surface area (Å²) in [6.07, 6.45) is 1.17. The first-order valence-electron chi connectivity index (χ1n) is 3.49.